The third-order valence-corrected chi connectivity index (χ3v) is 10.2. The van der Waals surface area contributed by atoms with Gasteiger partial charge in [0.2, 0.25) is 0 Å². The predicted molar refractivity (Wildman–Crippen MR) is 279 cm³/mol. The number of benzene rings is 4. The first-order chi connectivity index (χ1) is 30.3. The van der Waals surface area contributed by atoms with Gasteiger partial charge in [0.15, 0.2) is 0 Å². The van der Waals surface area contributed by atoms with E-state index in [9.17, 15) is 4.79 Å². The van der Waals surface area contributed by atoms with Crippen LogP contribution >= 0.6 is 37.9 Å². The number of rotatable bonds is 10. The minimum Gasteiger partial charge on any atom is -1.00 e. The fourth-order valence-electron chi connectivity index (χ4n) is 4.14. The van der Waals surface area contributed by atoms with Crippen molar-refractivity contribution in [1.82, 2.24) is 15.3 Å². The van der Waals surface area contributed by atoms with E-state index in [4.69, 9.17) is 30.2 Å². The quantitative estimate of drug-likeness (QED) is 0.0937. The number of hydrogen-bond acceptors (Lipinski definition) is 5. The second-order valence-corrected chi connectivity index (χ2v) is 18.8. The molecule has 0 aliphatic rings. The van der Waals surface area contributed by atoms with Gasteiger partial charge in [0.25, 0.3) is 5.91 Å². The Morgan fingerprint density at radius 1 is 0.594 bits per heavy atom. The molecule has 0 fully saturated rings. The van der Waals surface area contributed by atoms with Crippen LogP contribution in [0.15, 0.2) is 158 Å². The Labute approximate surface area is 432 Å². The van der Waals surface area contributed by atoms with Crippen molar-refractivity contribution < 1.29 is 57.5 Å². The van der Waals surface area contributed by atoms with Crippen molar-refractivity contribution in [1.29, 1.82) is 0 Å². The minimum atomic E-state index is -0.346. The molecule has 0 aliphatic carbocycles. The van der Waals surface area contributed by atoms with E-state index in [-0.39, 0.29) is 60.1 Å². The second-order valence-electron chi connectivity index (χ2n) is 15.3. The summed E-state index contributed by atoms with van der Waals surface area (Å²) in [6.07, 6.45) is 1.74. The van der Waals surface area contributed by atoms with Gasteiger partial charge in [0.05, 0.1) is 18.0 Å². The van der Waals surface area contributed by atoms with E-state index in [1.165, 1.54) is 5.56 Å². The van der Waals surface area contributed by atoms with E-state index < -0.39 is 0 Å². The molecule has 348 valence electrons. The Bertz CT molecular complexity index is 1880. The van der Waals surface area contributed by atoms with Gasteiger partial charge in [0, 0.05) is 43.8 Å². The van der Waals surface area contributed by atoms with Gasteiger partial charge in [-0.2, -0.15) is 0 Å². The monoisotopic (exact) mass is 1040 g/mol. The summed E-state index contributed by atoms with van der Waals surface area (Å²) in [5, 5.41) is 11.4. The van der Waals surface area contributed by atoms with Gasteiger partial charge in [-0.25, -0.2) is 0 Å². The second kappa shape index (κ2) is 42.0. The fraction of sp³-hybridized carbons (Fsp3) is 0.327. The maximum atomic E-state index is 11.7. The summed E-state index contributed by atoms with van der Waals surface area (Å²) in [6.45, 7) is 19.3. The normalized spacial score (nSPS) is 9.72. The van der Waals surface area contributed by atoms with Crippen LogP contribution in [0.25, 0.3) is 11.4 Å². The Balaban J connectivity index is -0.000000358. The van der Waals surface area contributed by atoms with Crippen LogP contribution in [-0.4, -0.2) is 21.0 Å². The number of carbonyl (C=O) groups excluding carboxylic acids is 1. The van der Waals surface area contributed by atoms with Crippen molar-refractivity contribution in [3.05, 3.63) is 191 Å². The maximum Gasteiger partial charge on any atom is 1.00 e. The van der Waals surface area contributed by atoms with E-state index in [0.717, 1.165) is 69.9 Å². The molecule has 1 amide bonds. The summed E-state index contributed by atoms with van der Waals surface area (Å²) in [5.41, 5.74) is 13.3. The van der Waals surface area contributed by atoms with Crippen LogP contribution in [0.5, 0.6) is 0 Å². The van der Waals surface area contributed by atoms with Crippen LogP contribution in [-0.2, 0) is 47.2 Å². The number of aliphatic hydroxyl groups is 1. The van der Waals surface area contributed by atoms with Gasteiger partial charge in [-0.15, -0.1) is 18.5 Å². The van der Waals surface area contributed by atoms with Crippen LogP contribution in [0.3, 0.4) is 0 Å². The molecule has 4 aromatic carbocycles. The van der Waals surface area contributed by atoms with Crippen molar-refractivity contribution >= 4 is 43.8 Å². The van der Waals surface area contributed by atoms with Crippen LogP contribution in [0, 0.1) is 23.7 Å². The standard InChI is InChI=1S/C14H13NO.C12H14N2P2.C7H9N.C7H8O.2C6H14.2ClH.Na.Ru.H2.H/c16-14(13-9-5-2-6-10-13)15-11-12-7-3-1-4-8-12;15-7-9-3-1-5-11(13-9)12-6-2-4-10(8-16)14-12;2*8-6-7-4-2-1-3-5-7;2*1-5(2)6(3)4;;;;;;/h1-10H,11H2,(H,15,16);1-6H,7-8,15-16H2;1-5H,6,8H2;1-5,8H,6H2;2*5-6H,1-4H3;2*1H;;;1H;/q;;;;;;;;+1;+2;;-1/p-2. The van der Waals surface area contributed by atoms with E-state index in [1.54, 1.807) is 12.1 Å². The van der Waals surface area contributed by atoms with E-state index >= 15 is 0 Å². The van der Waals surface area contributed by atoms with Crippen molar-refractivity contribution in [3.63, 3.8) is 0 Å². The molecule has 4 N–H and O–H groups in total. The Kier molecular flexibility index (Phi) is 41.8. The van der Waals surface area contributed by atoms with Crippen molar-refractivity contribution in [2.45, 2.75) is 87.4 Å². The number of aliphatic hydroxyl groups excluding tert-OH is 1. The SMILES string of the molecule is CC(C)C(C)C.CC(C)C(C)C.NCc1ccccc1.O=C(NCc1ccccc1)c1ccccc1.OCc1ccccc1.PCc1cccc(-c2cccc(CP)n2)n1.[Cl][Ru][Cl].[H-].[HH].[Na+]. The summed E-state index contributed by atoms with van der Waals surface area (Å²) < 4.78 is 0. The van der Waals surface area contributed by atoms with Crippen LogP contribution < -0.4 is 40.6 Å². The molecule has 0 saturated carbocycles. The number of aromatic nitrogens is 2. The summed E-state index contributed by atoms with van der Waals surface area (Å²) in [6, 6.07) is 50.7. The molecule has 6 aromatic rings. The molecule has 64 heavy (non-hydrogen) atoms. The number of nitrogens with one attached hydrogen (secondary N) is 1. The molecule has 6 rings (SSSR count). The first-order valence-corrected chi connectivity index (χ1v) is 27.3. The first-order valence-electron chi connectivity index (χ1n) is 21.2. The fourth-order valence-corrected chi connectivity index (χ4v) is 4.59. The minimum absolute atomic E-state index is 0. The van der Waals surface area contributed by atoms with Gasteiger partial charge in [-0.1, -0.05) is 177 Å². The topological polar surface area (TPSA) is 101 Å². The number of nitrogens with zero attached hydrogens (tertiary/aromatic N) is 2. The molecule has 2 atom stereocenters. The Hall–Kier alpha value is -2.37. The molecule has 0 bridgehead atoms. The zero-order valence-electron chi connectivity index (χ0n) is 40.4. The molecule has 0 radical (unpaired) electrons. The summed E-state index contributed by atoms with van der Waals surface area (Å²) in [5.74, 6) is 3.37. The first kappa shape index (κ1) is 63.7. The third-order valence-electron chi connectivity index (χ3n) is 9.40. The molecule has 2 unspecified atom stereocenters. The summed E-state index contributed by atoms with van der Waals surface area (Å²) in [4.78, 5) is 20.8. The molecule has 2 aromatic heterocycles. The van der Waals surface area contributed by atoms with Gasteiger partial charge >= 0.3 is 64.1 Å². The van der Waals surface area contributed by atoms with E-state index in [1.807, 2.05) is 146 Å². The van der Waals surface area contributed by atoms with Crippen LogP contribution in [0.1, 0.15) is 96.7 Å². The van der Waals surface area contributed by atoms with Gasteiger partial charge in [-0.3, -0.25) is 14.8 Å². The number of nitrogens with two attached hydrogens (primary N) is 1. The third kappa shape index (κ3) is 33.2. The molecule has 6 nitrogen and oxygen atoms in total. The Morgan fingerprint density at radius 2 is 0.922 bits per heavy atom. The van der Waals surface area contributed by atoms with E-state index in [2.05, 4.69) is 89.2 Å². The number of amides is 1. The Morgan fingerprint density at radius 3 is 1.20 bits per heavy atom. The number of carbonyl (C=O) groups is 1. The zero-order chi connectivity index (χ0) is 47.3. The van der Waals surface area contributed by atoms with Crippen molar-refractivity contribution in [2.75, 3.05) is 0 Å². The zero-order valence-corrected chi connectivity index (χ0v) is 47.0. The van der Waals surface area contributed by atoms with Crippen LogP contribution in [0.2, 0.25) is 0 Å². The van der Waals surface area contributed by atoms with Gasteiger partial charge in [-0.05, 0) is 76.8 Å². The molecule has 0 aliphatic heterocycles. The van der Waals surface area contributed by atoms with Crippen molar-refractivity contribution in [3.8, 4) is 11.4 Å². The number of pyridine rings is 2. The average molecular weight is 1050 g/mol. The molecular weight excluding hydrogens is 970 g/mol. The van der Waals surface area contributed by atoms with E-state index in [0.29, 0.717) is 18.7 Å². The van der Waals surface area contributed by atoms with Crippen LogP contribution in [0.4, 0.5) is 0 Å². The summed E-state index contributed by atoms with van der Waals surface area (Å²) >= 11 is -0.346. The molecule has 0 spiro atoms. The predicted octanol–water partition coefficient (Wildman–Crippen LogP) is 11.2. The smallest absolute Gasteiger partial charge is 1.00 e. The summed E-state index contributed by atoms with van der Waals surface area (Å²) in [7, 11) is 15.1. The molecule has 2 heterocycles. The maximum absolute atomic E-state index is 11.7. The van der Waals surface area contributed by atoms with Gasteiger partial charge in [0.1, 0.15) is 0 Å². The number of halogens is 2. The number of hydrogen-bond donors (Lipinski definition) is 3. The van der Waals surface area contributed by atoms with Gasteiger partial charge < -0.3 is 17.6 Å². The molecule has 0 saturated heterocycles. The molecular formula is C52H75Cl2N4NaO2P2Ru. The average Bonchev–Trinajstić information content (AvgIpc) is 3.33. The largest absolute Gasteiger partial charge is 1.00 e. The van der Waals surface area contributed by atoms with Crippen molar-refractivity contribution in [2.24, 2.45) is 29.4 Å². The molecule has 12 heteroatoms.